The first-order valence-electron chi connectivity index (χ1n) is 11.4. The number of benzene rings is 2. The van der Waals surface area contributed by atoms with Crippen molar-refractivity contribution in [3.8, 4) is 23.1 Å². The summed E-state index contributed by atoms with van der Waals surface area (Å²) < 4.78 is 26.3. The molecule has 2 atom stereocenters. The van der Waals surface area contributed by atoms with Crippen LogP contribution in [0.25, 0.3) is 11.4 Å². The number of carbonyl (C=O) groups is 1. The zero-order chi connectivity index (χ0) is 26.0. The van der Waals surface area contributed by atoms with Crippen molar-refractivity contribution in [1.29, 1.82) is 5.41 Å². The van der Waals surface area contributed by atoms with Gasteiger partial charge in [-0.05, 0) is 50.2 Å². The molecule has 1 aliphatic rings. The summed E-state index contributed by atoms with van der Waals surface area (Å²) in [6.07, 6.45) is 1.11. The number of ether oxygens (including phenoxy) is 2. The number of nitrogens with zero attached hydrogens (tertiary/aromatic N) is 5. The molecule has 0 radical (unpaired) electrons. The maximum Gasteiger partial charge on any atom is 0.327 e. The first kappa shape index (κ1) is 25.0. The SMILES string of the molecule is C[C@H]1CN(c2nc(Oc3ccc(C(=O)N(C)C)cc3F)nc(-c3ccc(N)c(C=N)c3)n2)[C@@H](C)CO1. The second kappa shape index (κ2) is 10.2. The lowest BCUT2D eigenvalue weighted by molar-refractivity contribution is 0.0336. The number of anilines is 2. The van der Waals surface area contributed by atoms with Crippen molar-refractivity contribution in [2.75, 3.05) is 37.9 Å². The molecule has 36 heavy (non-hydrogen) atoms. The van der Waals surface area contributed by atoms with Gasteiger partial charge in [0.1, 0.15) is 0 Å². The fraction of sp³-hybridized carbons (Fsp3) is 0.320. The van der Waals surface area contributed by atoms with E-state index in [4.69, 9.17) is 20.6 Å². The molecule has 0 saturated carbocycles. The van der Waals surface area contributed by atoms with Gasteiger partial charge in [0, 0.05) is 49.2 Å². The van der Waals surface area contributed by atoms with Gasteiger partial charge in [0.2, 0.25) is 5.95 Å². The van der Waals surface area contributed by atoms with E-state index in [9.17, 15) is 9.18 Å². The molecule has 3 aromatic rings. The number of carbonyl (C=O) groups excluding carboxylic acids is 1. The van der Waals surface area contributed by atoms with Gasteiger partial charge in [-0.1, -0.05) is 0 Å². The van der Waals surface area contributed by atoms with Crippen LogP contribution in [0.4, 0.5) is 16.0 Å². The molecular weight excluding hydrogens is 465 g/mol. The average Bonchev–Trinajstić information content (AvgIpc) is 2.86. The van der Waals surface area contributed by atoms with E-state index < -0.39 is 5.82 Å². The van der Waals surface area contributed by atoms with E-state index in [0.29, 0.717) is 35.9 Å². The predicted octanol–water partition coefficient (Wildman–Crippen LogP) is 3.37. The Bertz CT molecular complexity index is 1300. The number of nitrogens with one attached hydrogen (secondary N) is 1. The predicted molar refractivity (Wildman–Crippen MR) is 134 cm³/mol. The van der Waals surface area contributed by atoms with Crippen LogP contribution < -0.4 is 15.4 Å². The summed E-state index contributed by atoms with van der Waals surface area (Å²) in [7, 11) is 3.18. The van der Waals surface area contributed by atoms with Crippen LogP contribution in [0.2, 0.25) is 0 Å². The standard InChI is InChI=1S/C25H28FN7O3/c1-14-13-35-15(2)12-33(14)24-29-22(16-5-7-20(28)18(9-16)11-27)30-25(31-24)36-21-8-6-17(10-19(21)26)23(34)32(3)4/h5-11,14-15,27H,12-13,28H2,1-4H3/t14-,15-/m0/s1. The van der Waals surface area contributed by atoms with Crippen molar-refractivity contribution < 1.29 is 18.7 Å². The Morgan fingerprint density at radius 3 is 2.69 bits per heavy atom. The first-order valence-corrected chi connectivity index (χ1v) is 11.4. The van der Waals surface area contributed by atoms with Crippen LogP contribution in [-0.4, -0.2) is 71.4 Å². The van der Waals surface area contributed by atoms with Crippen molar-refractivity contribution in [2.45, 2.75) is 26.0 Å². The maximum atomic E-state index is 14.9. The topological polar surface area (TPSA) is 131 Å². The molecule has 188 valence electrons. The molecule has 0 unspecified atom stereocenters. The monoisotopic (exact) mass is 493 g/mol. The number of hydrogen-bond donors (Lipinski definition) is 2. The van der Waals surface area contributed by atoms with E-state index in [-0.39, 0.29) is 41.2 Å². The molecule has 1 aliphatic heterocycles. The van der Waals surface area contributed by atoms with Crippen LogP contribution in [0, 0.1) is 11.2 Å². The zero-order valence-electron chi connectivity index (χ0n) is 20.5. The van der Waals surface area contributed by atoms with E-state index in [0.717, 1.165) is 12.3 Å². The van der Waals surface area contributed by atoms with Crippen molar-refractivity contribution in [3.05, 3.63) is 53.3 Å². The van der Waals surface area contributed by atoms with Gasteiger partial charge in [-0.3, -0.25) is 4.79 Å². The van der Waals surface area contributed by atoms with Crippen molar-refractivity contribution in [2.24, 2.45) is 0 Å². The summed E-state index contributed by atoms with van der Waals surface area (Å²) in [5.74, 6) is -0.548. The highest BCUT2D eigenvalue weighted by Crippen LogP contribution is 2.29. The molecule has 10 nitrogen and oxygen atoms in total. The molecule has 1 aromatic heterocycles. The summed E-state index contributed by atoms with van der Waals surface area (Å²) in [6, 6.07) is 8.93. The summed E-state index contributed by atoms with van der Waals surface area (Å²) in [5, 5.41) is 7.61. The number of aromatic nitrogens is 3. The van der Waals surface area contributed by atoms with Crippen molar-refractivity contribution in [3.63, 3.8) is 0 Å². The number of amides is 1. The summed E-state index contributed by atoms with van der Waals surface area (Å²) >= 11 is 0. The van der Waals surface area contributed by atoms with Crippen LogP contribution >= 0.6 is 0 Å². The summed E-state index contributed by atoms with van der Waals surface area (Å²) in [5.41, 5.74) is 7.69. The molecule has 1 saturated heterocycles. The fourth-order valence-corrected chi connectivity index (χ4v) is 3.74. The maximum absolute atomic E-state index is 14.9. The van der Waals surface area contributed by atoms with Crippen molar-refractivity contribution in [1.82, 2.24) is 19.9 Å². The minimum Gasteiger partial charge on any atom is -0.421 e. The lowest BCUT2D eigenvalue weighted by Gasteiger charge is -2.36. The molecule has 0 aliphatic carbocycles. The first-order chi connectivity index (χ1) is 17.2. The third-order valence-corrected chi connectivity index (χ3v) is 5.75. The van der Waals surface area contributed by atoms with E-state index in [1.165, 1.54) is 17.0 Å². The third kappa shape index (κ3) is 5.25. The Balaban J connectivity index is 1.76. The van der Waals surface area contributed by atoms with Crippen LogP contribution in [0.3, 0.4) is 0 Å². The number of morpholine rings is 1. The Hall–Kier alpha value is -4.12. The largest absolute Gasteiger partial charge is 0.421 e. The molecule has 11 heteroatoms. The normalized spacial score (nSPS) is 17.5. The van der Waals surface area contributed by atoms with E-state index in [1.807, 2.05) is 18.7 Å². The molecular formula is C25H28FN7O3. The Labute approximate surface area is 208 Å². The van der Waals surface area contributed by atoms with Gasteiger partial charge in [-0.2, -0.15) is 15.0 Å². The molecule has 0 spiro atoms. The highest BCUT2D eigenvalue weighted by Gasteiger charge is 2.27. The average molecular weight is 494 g/mol. The highest BCUT2D eigenvalue weighted by molar-refractivity contribution is 5.94. The van der Waals surface area contributed by atoms with Crippen LogP contribution in [-0.2, 0) is 4.74 Å². The zero-order valence-corrected chi connectivity index (χ0v) is 20.5. The van der Waals surface area contributed by atoms with Gasteiger partial charge < -0.3 is 30.4 Å². The second-order valence-corrected chi connectivity index (χ2v) is 8.82. The quantitative estimate of drug-likeness (QED) is 0.395. The van der Waals surface area contributed by atoms with Crippen molar-refractivity contribution >= 4 is 23.8 Å². The summed E-state index contributed by atoms with van der Waals surface area (Å²) in [6.45, 7) is 4.99. The van der Waals surface area contributed by atoms with E-state index in [2.05, 4.69) is 15.0 Å². The smallest absolute Gasteiger partial charge is 0.327 e. The molecule has 1 fully saturated rings. The minimum atomic E-state index is -0.724. The number of halogens is 1. The molecule has 4 rings (SSSR count). The van der Waals surface area contributed by atoms with Gasteiger partial charge in [-0.15, -0.1) is 0 Å². The molecule has 1 amide bonds. The summed E-state index contributed by atoms with van der Waals surface area (Å²) in [4.78, 5) is 29.0. The molecule has 2 heterocycles. The van der Waals surface area contributed by atoms with E-state index in [1.54, 1.807) is 32.3 Å². The van der Waals surface area contributed by atoms with Gasteiger partial charge in [0.15, 0.2) is 17.4 Å². The Morgan fingerprint density at radius 1 is 1.22 bits per heavy atom. The second-order valence-electron chi connectivity index (χ2n) is 8.82. The number of nitrogen functional groups attached to an aromatic ring is 1. The third-order valence-electron chi connectivity index (χ3n) is 5.75. The number of rotatable bonds is 6. The molecule has 3 N–H and O–H groups in total. The van der Waals surface area contributed by atoms with Crippen LogP contribution in [0.5, 0.6) is 11.8 Å². The van der Waals surface area contributed by atoms with Gasteiger partial charge >= 0.3 is 6.01 Å². The van der Waals surface area contributed by atoms with Gasteiger partial charge in [0.25, 0.3) is 5.91 Å². The minimum absolute atomic E-state index is 0.0130. The lowest BCUT2D eigenvalue weighted by Crippen LogP contribution is -2.48. The molecule has 0 bridgehead atoms. The highest BCUT2D eigenvalue weighted by atomic mass is 19.1. The van der Waals surface area contributed by atoms with Gasteiger partial charge in [0.05, 0.1) is 18.8 Å². The number of hydrogen-bond acceptors (Lipinski definition) is 9. The lowest BCUT2D eigenvalue weighted by atomic mass is 10.1. The van der Waals surface area contributed by atoms with Crippen LogP contribution in [0.15, 0.2) is 36.4 Å². The molecule has 2 aromatic carbocycles. The van der Waals surface area contributed by atoms with Gasteiger partial charge in [-0.25, -0.2) is 4.39 Å². The Morgan fingerprint density at radius 2 is 2.00 bits per heavy atom. The Kier molecular flexibility index (Phi) is 7.11. The van der Waals surface area contributed by atoms with E-state index >= 15 is 0 Å². The number of nitrogens with two attached hydrogens (primary N) is 1. The van der Waals surface area contributed by atoms with Crippen LogP contribution in [0.1, 0.15) is 29.8 Å². The fourth-order valence-electron chi connectivity index (χ4n) is 3.74.